The molecule has 434 valence electrons. The first-order valence-corrected chi connectivity index (χ1v) is 32.6. The first-order chi connectivity index (χ1) is 36.5. The van der Waals surface area contributed by atoms with E-state index in [-0.39, 0.29) is 12.5 Å². The van der Waals surface area contributed by atoms with Crippen LogP contribution in [0.25, 0.3) is 0 Å². The zero-order valence-corrected chi connectivity index (χ0v) is 50.4. The Hall–Kier alpha value is -2.58. The first-order valence-electron chi connectivity index (χ1n) is 31.1. The monoisotopic (exact) mass is 1070 g/mol. The molecule has 0 spiro atoms. The zero-order valence-electron chi connectivity index (χ0n) is 49.5. The van der Waals surface area contributed by atoms with Gasteiger partial charge in [0.05, 0.1) is 39.9 Å². The minimum Gasteiger partial charge on any atom is -0.756 e. The van der Waals surface area contributed by atoms with Gasteiger partial charge in [0.25, 0.3) is 7.82 Å². The van der Waals surface area contributed by atoms with Crippen molar-refractivity contribution in [3.05, 3.63) is 97.2 Å². The van der Waals surface area contributed by atoms with Gasteiger partial charge < -0.3 is 28.8 Å². The van der Waals surface area contributed by atoms with Crippen LogP contribution < -0.4 is 10.2 Å². The van der Waals surface area contributed by atoms with Crippen LogP contribution in [0.1, 0.15) is 264 Å². The van der Waals surface area contributed by atoms with Gasteiger partial charge >= 0.3 is 0 Å². The molecule has 0 radical (unpaired) electrons. The van der Waals surface area contributed by atoms with Crippen LogP contribution in [-0.2, 0) is 18.4 Å². The summed E-state index contributed by atoms with van der Waals surface area (Å²) >= 11 is 0. The van der Waals surface area contributed by atoms with E-state index in [4.69, 9.17) is 9.05 Å². The summed E-state index contributed by atoms with van der Waals surface area (Å²) < 4.78 is 23.4. The Morgan fingerprint density at radius 2 is 0.827 bits per heavy atom. The summed E-state index contributed by atoms with van der Waals surface area (Å²) in [5.74, 6) is -0.217. The number of aliphatic hydroxyl groups excluding tert-OH is 1. The summed E-state index contributed by atoms with van der Waals surface area (Å²) in [5, 5.41) is 13.9. The summed E-state index contributed by atoms with van der Waals surface area (Å²) in [4.78, 5) is 25.6. The maximum atomic E-state index is 13.0. The molecule has 0 bridgehead atoms. The maximum Gasteiger partial charge on any atom is 0.268 e. The van der Waals surface area contributed by atoms with E-state index in [1.807, 2.05) is 27.2 Å². The predicted molar refractivity (Wildman–Crippen MR) is 325 cm³/mol. The number of nitrogens with one attached hydrogen (secondary N) is 1. The maximum absolute atomic E-state index is 13.0. The van der Waals surface area contributed by atoms with Crippen molar-refractivity contribution in [2.24, 2.45) is 0 Å². The van der Waals surface area contributed by atoms with E-state index in [2.05, 4.69) is 104 Å². The topological polar surface area (TPSA) is 108 Å². The number of phosphoric ester groups is 1. The molecule has 0 aromatic rings. The SMILES string of the molecule is CC/C=C\C/C=C\C/C=C\C/C=C\C/C=C\CCCCCCCCCCCCCC(=O)NC(COP(=O)([O-])OCC[N+](C)(C)C)C(O)/C=C/CC/C=C/CC/C=C/CCCCCCCCCCCCCCCCCC. The predicted octanol–water partition coefficient (Wildman–Crippen LogP) is 18.7. The van der Waals surface area contributed by atoms with Crippen LogP contribution in [0, 0.1) is 0 Å². The number of unbranched alkanes of at least 4 members (excludes halogenated alkanes) is 29. The molecule has 0 saturated heterocycles. The number of quaternary nitrogens is 1. The number of carbonyl (C=O) groups is 1. The van der Waals surface area contributed by atoms with Gasteiger partial charge in [0.1, 0.15) is 13.2 Å². The molecule has 0 fully saturated rings. The molecule has 2 N–H and O–H groups in total. The van der Waals surface area contributed by atoms with Gasteiger partial charge in [-0.2, -0.15) is 0 Å². The van der Waals surface area contributed by atoms with Crippen molar-refractivity contribution in [3.8, 4) is 0 Å². The van der Waals surface area contributed by atoms with Gasteiger partial charge in [0.2, 0.25) is 5.91 Å². The van der Waals surface area contributed by atoms with Crippen molar-refractivity contribution in [1.82, 2.24) is 5.32 Å². The zero-order chi connectivity index (χ0) is 54.9. The number of phosphoric acid groups is 1. The van der Waals surface area contributed by atoms with Crippen molar-refractivity contribution in [1.29, 1.82) is 0 Å². The molecule has 3 atom stereocenters. The van der Waals surface area contributed by atoms with Crippen LogP contribution in [0.5, 0.6) is 0 Å². The summed E-state index contributed by atoms with van der Waals surface area (Å²) in [5.41, 5.74) is 0. The van der Waals surface area contributed by atoms with Crippen molar-refractivity contribution < 1.29 is 32.9 Å². The van der Waals surface area contributed by atoms with E-state index in [1.54, 1.807) is 6.08 Å². The van der Waals surface area contributed by atoms with Gasteiger partial charge in [-0.1, -0.05) is 265 Å². The molecule has 0 saturated carbocycles. The molecule has 1 amide bonds. The van der Waals surface area contributed by atoms with E-state index >= 15 is 0 Å². The first kappa shape index (κ1) is 72.4. The number of rotatable bonds is 56. The largest absolute Gasteiger partial charge is 0.756 e. The van der Waals surface area contributed by atoms with E-state index in [0.717, 1.165) is 77.0 Å². The minimum absolute atomic E-state index is 0.0138. The highest BCUT2D eigenvalue weighted by molar-refractivity contribution is 7.45. The molecule has 0 aromatic heterocycles. The van der Waals surface area contributed by atoms with Crippen LogP contribution in [0.4, 0.5) is 0 Å². The smallest absolute Gasteiger partial charge is 0.268 e. The Bertz CT molecular complexity index is 1540. The van der Waals surface area contributed by atoms with Crippen LogP contribution in [0.2, 0.25) is 0 Å². The Morgan fingerprint density at radius 1 is 0.480 bits per heavy atom. The van der Waals surface area contributed by atoms with Gasteiger partial charge in [-0.3, -0.25) is 9.36 Å². The summed E-state index contributed by atoms with van der Waals surface area (Å²) in [6, 6.07) is -0.919. The molecular weight excluding hydrogens is 948 g/mol. The molecule has 3 unspecified atom stereocenters. The van der Waals surface area contributed by atoms with E-state index in [1.165, 1.54) is 167 Å². The molecule has 0 aliphatic heterocycles. The second kappa shape index (κ2) is 56.2. The van der Waals surface area contributed by atoms with Crippen LogP contribution >= 0.6 is 7.82 Å². The average molecular weight is 1070 g/mol. The third-order valence-electron chi connectivity index (χ3n) is 13.5. The number of nitrogens with zero attached hydrogens (tertiary/aromatic N) is 1. The van der Waals surface area contributed by atoms with E-state index < -0.39 is 26.6 Å². The molecule has 75 heavy (non-hydrogen) atoms. The summed E-state index contributed by atoms with van der Waals surface area (Å²) in [7, 11) is 1.23. The quantitative estimate of drug-likeness (QED) is 0.0272. The molecule has 0 aliphatic rings. The standard InChI is InChI=1S/C66H119N2O6P/c1-6-8-10-12-14-16-18-20-22-24-26-28-30-32-34-36-38-40-42-44-46-48-50-52-54-56-58-60-66(70)67-64(63-74-75(71,72)73-62-61-68(3,4)5)65(69)59-57-55-53-51-49-47-45-43-41-39-37-35-33-31-29-27-25-23-21-19-17-15-13-11-9-7-2/h8,10,14,16,20,22,26,28,32,34,41,43,49,51,57,59,64-65,69H,6-7,9,11-13,15,17-19,21,23-25,27,29-31,33,35-40,42,44-48,50,52-56,58,60-63H2,1-5H3,(H-,67,70,71,72)/b10-8-,16-14-,22-20-,28-26-,34-32-,43-41+,51-49+,59-57+. The van der Waals surface area contributed by atoms with Gasteiger partial charge in [0, 0.05) is 6.42 Å². The van der Waals surface area contributed by atoms with Crippen molar-refractivity contribution in [2.45, 2.75) is 276 Å². The highest BCUT2D eigenvalue weighted by atomic mass is 31.2. The molecular formula is C66H119N2O6P. The fourth-order valence-electron chi connectivity index (χ4n) is 8.68. The third-order valence-corrected chi connectivity index (χ3v) is 14.5. The fraction of sp³-hybridized carbons (Fsp3) is 0.742. The number of aliphatic hydroxyl groups is 1. The molecule has 9 heteroatoms. The van der Waals surface area contributed by atoms with Gasteiger partial charge in [-0.25, -0.2) is 0 Å². The van der Waals surface area contributed by atoms with Crippen LogP contribution in [0.3, 0.4) is 0 Å². The number of likely N-dealkylation sites (N-methyl/N-ethyl adjacent to an activating group) is 1. The lowest BCUT2D eigenvalue weighted by Crippen LogP contribution is -2.45. The minimum atomic E-state index is -4.62. The van der Waals surface area contributed by atoms with Crippen molar-refractivity contribution in [2.75, 3.05) is 40.9 Å². The van der Waals surface area contributed by atoms with Gasteiger partial charge in [0.15, 0.2) is 0 Å². The fourth-order valence-corrected chi connectivity index (χ4v) is 9.41. The molecule has 0 aliphatic carbocycles. The number of amides is 1. The lowest BCUT2D eigenvalue weighted by atomic mass is 10.0. The number of carbonyl (C=O) groups excluding carboxylic acids is 1. The van der Waals surface area contributed by atoms with Crippen molar-refractivity contribution in [3.63, 3.8) is 0 Å². The Kier molecular flexibility index (Phi) is 54.2. The second-order valence-corrected chi connectivity index (χ2v) is 23.4. The van der Waals surface area contributed by atoms with Crippen molar-refractivity contribution >= 4 is 13.7 Å². The Morgan fingerprint density at radius 3 is 1.24 bits per heavy atom. The highest BCUT2D eigenvalue weighted by Crippen LogP contribution is 2.38. The Balaban J connectivity index is 4.26. The third kappa shape index (κ3) is 58.9. The summed E-state index contributed by atoms with van der Waals surface area (Å²) in [6.07, 6.45) is 80.7. The average Bonchev–Trinajstić information content (AvgIpc) is 3.37. The number of hydrogen-bond acceptors (Lipinski definition) is 6. The lowest BCUT2D eigenvalue weighted by molar-refractivity contribution is -0.870. The van der Waals surface area contributed by atoms with Crippen LogP contribution in [0.15, 0.2) is 97.2 Å². The van der Waals surface area contributed by atoms with Crippen LogP contribution in [-0.4, -0.2) is 68.5 Å². The van der Waals surface area contributed by atoms with Gasteiger partial charge in [-0.05, 0) is 89.9 Å². The lowest BCUT2D eigenvalue weighted by Gasteiger charge is -2.29. The normalized spacial score (nSPS) is 14.5. The number of allylic oxidation sites excluding steroid dienone is 15. The molecule has 0 heterocycles. The van der Waals surface area contributed by atoms with Gasteiger partial charge in [-0.15, -0.1) is 0 Å². The second-order valence-electron chi connectivity index (χ2n) is 22.0. The highest BCUT2D eigenvalue weighted by Gasteiger charge is 2.23. The van der Waals surface area contributed by atoms with E-state index in [9.17, 15) is 19.4 Å². The Labute approximate surface area is 464 Å². The molecule has 8 nitrogen and oxygen atoms in total. The molecule has 0 aromatic carbocycles. The van der Waals surface area contributed by atoms with E-state index in [0.29, 0.717) is 17.4 Å². The molecule has 0 rings (SSSR count). The summed E-state index contributed by atoms with van der Waals surface area (Å²) in [6.45, 7) is 4.52. The number of hydrogen-bond donors (Lipinski definition) is 2.